The number of nitrogens with one attached hydrogen (secondary N) is 2. The van der Waals surface area contributed by atoms with Crippen molar-refractivity contribution in [3.05, 3.63) is 70.2 Å². The Morgan fingerprint density at radius 1 is 1.07 bits per heavy atom. The quantitative estimate of drug-likeness (QED) is 0.784. The molecule has 0 saturated carbocycles. The fraction of sp³-hybridized carbons (Fsp3) is 0.364. The van der Waals surface area contributed by atoms with E-state index in [0.717, 1.165) is 32.5 Å². The Balaban J connectivity index is 1.40. The number of hydrogen-bond acceptors (Lipinski definition) is 3. The van der Waals surface area contributed by atoms with E-state index >= 15 is 0 Å². The zero-order valence-corrected chi connectivity index (χ0v) is 16.8. The molecule has 0 aromatic heterocycles. The second-order valence-corrected chi connectivity index (χ2v) is 7.61. The molecule has 5 nitrogen and oxygen atoms in total. The second-order valence-electron chi connectivity index (χ2n) is 7.21. The molecular formula is C22H26ClN3O2. The summed E-state index contributed by atoms with van der Waals surface area (Å²) in [6.07, 6.45) is 1.83. The number of amides is 2. The summed E-state index contributed by atoms with van der Waals surface area (Å²) in [5, 5.41) is 6.03. The molecule has 2 aromatic rings. The molecule has 0 radical (unpaired) electrons. The summed E-state index contributed by atoms with van der Waals surface area (Å²) in [7, 11) is 0. The maximum Gasteiger partial charge on any atom is 0.253 e. The third-order valence-electron chi connectivity index (χ3n) is 5.14. The maximum absolute atomic E-state index is 12.2. The first-order valence-electron chi connectivity index (χ1n) is 9.62. The molecule has 1 heterocycles. The van der Waals surface area contributed by atoms with Gasteiger partial charge in [0.25, 0.3) is 5.91 Å². The lowest BCUT2D eigenvalue weighted by Crippen LogP contribution is -2.47. The lowest BCUT2D eigenvalue weighted by atomic mass is 10.0. The highest BCUT2D eigenvalue weighted by atomic mass is 35.5. The van der Waals surface area contributed by atoms with Crippen molar-refractivity contribution in [2.75, 3.05) is 19.6 Å². The van der Waals surface area contributed by atoms with Crippen LogP contribution >= 0.6 is 11.6 Å². The average Bonchev–Trinajstić information content (AvgIpc) is 2.70. The van der Waals surface area contributed by atoms with Crippen LogP contribution in [0.25, 0.3) is 0 Å². The van der Waals surface area contributed by atoms with E-state index in [0.29, 0.717) is 10.6 Å². The first kappa shape index (κ1) is 20.4. The number of carbonyl (C=O) groups is 2. The molecule has 28 heavy (non-hydrogen) atoms. The van der Waals surface area contributed by atoms with Crippen LogP contribution in [0.4, 0.5) is 0 Å². The maximum atomic E-state index is 12.2. The van der Waals surface area contributed by atoms with Gasteiger partial charge in [-0.05, 0) is 43.0 Å². The van der Waals surface area contributed by atoms with E-state index in [1.165, 1.54) is 11.1 Å². The third kappa shape index (κ3) is 5.57. The van der Waals surface area contributed by atoms with Crippen LogP contribution in [-0.4, -0.2) is 42.4 Å². The van der Waals surface area contributed by atoms with Gasteiger partial charge in [-0.3, -0.25) is 14.5 Å². The van der Waals surface area contributed by atoms with Gasteiger partial charge in [0.15, 0.2) is 0 Å². The molecule has 0 aliphatic carbocycles. The SMILES string of the molecule is Cc1ccccc1CN1CCC(NC(=O)CNC(=O)c2ccccc2Cl)CC1. The molecule has 1 aliphatic heterocycles. The fourth-order valence-corrected chi connectivity index (χ4v) is 3.67. The normalized spacial score (nSPS) is 15.2. The smallest absolute Gasteiger partial charge is 0.253 e. The molecule has 0 atom stereocenters. The predicted molar refractivity (Wildman–Crippen MR) is 111 cm³/mol. The first-order chi connectivity index (χ1) is 13.5. The van der Waals surface area contributed by atoms with Gasteiger partial charge in [0, 0.05) is 25.7 Å². The Morgan fingerprint density at radius 3 is 2.46 bits per heavy atom. The summed E-state index contributed by atoms with van der Waals surface area (Å²) in [6, 6.07) is 15.4. The minimum absolute atomic E-state index is 0.0481. The van der Waals surface area contributed by atoms with Crippen molar-refractivity contribution in [1.82, 2.24) is 15.5 Å². The van der Waals surface area contributed by atoms with E-state index in [9.17, 15) is 9.59 Å². The molecule has 148 valence electrons. The zero-order chi connectivity index (χ0) is 19.9. The van der Waals surface area contributed by atoms with Gasteiger partial charge in [-0.15, -0.1) is 0 Å². The molecule has 0 spiro atoms. The van der Waals surface area contributed by atoms with E-state index in [2.05, 4.69) is 46.7 Å². The van der Waals surface area contributed by atoms with Crippen molar-refractivity contribution in [3.8, 4) is 0 Å². The van der Waals surface area contributed by atoms with Crippen LogP contribution < -0.4 is 10.6 Å². The number of nitrogens with zero attached hydrogens (tertiary/aromatic N) is 1. The summed E-state index contributed by atoms with van der Waals surface area (Å²) in [5.74, 6) is -0.508. The topological polar surface area (TPSA) is 61.4 Å². The van der Waals surface area contributed by atoms with Gasteiger partial charge >= 0.3 is 0 Å². The van der Waals surface area contributed by atoms with E-state index in [1.54, 1.807) is 24.3 Å². The number of benzene rings is 2. The van der Waals surface area contributed by atoms with E-state index in [-0.39, 0.29) is 24.4 Å². The largest absolute Gasteiger partial charge is 0.352 e. The zero-order valence-electron chi connectivity index (χ0n) is 16.1. The van der Waals surface area contributed by atoms with Crippen LogP contribution in [0, 0.1) is 6.92 Å². The number of likely N-dealkylation sites (tertiary alicyclic amines) is 1. The van der Waals surface area contributed by atoms with Crippen molar-refractivity contribution < 1.29 is 9.59 Å². The van der Waals surface area contributed by atoms with Crippen LogP contribution in [-0.2, 0) is 11.3 Å². The van der Waals surface area contributed by atoms with Gasteiger partial charge in [-0.25, -0.2) is 0 Å². The Hall–Kier alpha value is -2.37. The summed E-state index contributed by atoms with van der Waals surface area (Å²) in [6.45, 7) is 4.93. The lowest BCUT2D eigenvalue weighted by Gasteiger charge is -2.32. The average molecular weight is 400 g/mol. The highest BCUT2D eigenvalue weighted by Crippen LogP contribution is 2.16. The highest BCUT2D eigenvalue weighted by molar-refractivity contribution is 6.33. The summed E-state index contributed by atoms with van der Waals surface area (Å²) < 4.78 is 0. The number of halogens is 1. The molecule has 1 saturated heterocycles. The van der Waals surface area contributed by atoms with Crippen LogP contribution in [0.5, 0.6) is 0 Å². The molecule has 2 aromatic carbocycles. The Kier molecular flexibility index (Phi) is 7.06. The van der Waals surface area contributed by atoms with Crippen molar-refractivity contribution in [2.24, 2.45) is 0 Å². The van der Waals surface area contributed by atoms with E-state index in [4.69, 9.17) is 11.6 Å². The van der Waals surface area contributed by atoms with Gasteiger partial charge in [-0.2, -0.15) is 0 Å². The van der Waals surface area contributed by atoms with Crippen molar-refractivity contribution in [2.45, 2.75) is 32.4 Å². The van der Waals surface area contributed by atoms with Crippen molar-refractivity contribution in [3.63, 3.8) is 0 Å². The predicted octanol–water partition coefficient (Wildman–Crippen LogP) is 3.16. The van der Waals surface area contributed by atoms with Crippen LogP contribution in [0.3, 0.4) is 0 Å². The monoisotopic (exact) mass is 399 g/mol. The third-order valence-corrected chi connectivity index (χ3v) is 5.47. The van der Waals surface area contributed by atoms with Gasteiger partial charge in [0.2, 0.25) is 5.91 Å². The van der Waals surface area contributed by atoms with Crippen molar-refractivity contribution in [1.29, 1.82) is 0 Å². The first-order valence-corrected chi connectivity index (χ1v) is 9.99. The Labute approximate surface area is 171 Å². The van der Waals surface area contributed by atoms with E-state index < -0.39 is 0 Å². The lowest BCUT2D eigenvalue weighted by molar-refractivity contribution is -0.121. The minimum Gasteiger partial charge on any atom is -0.352 e. The molecule has 0 unspecified atom stereocenters. The molecule has 1 fully saturated rings. The number of carbonyl (C=O) groups excluding carboxylic acids is 2. The summed E-state index contributed by atoms with van der Waals surface area (Å²) in [4.78, 5) is 26.7. The highest BCUT2D eigenvalue weighted by Gasteiger charge is 2.21. The fourth-order valence-electron chi connectivity index (χ4n) is 3.44. The van der Waals surface area contributed by atoms with Gasteiger partial charge < -0.3 is 10.6 Å². The molecule has 0 bridgehead atoms. The Morgan fingerprint density at radius 2 is 1.75 bits per heavy atom. The van der Waals surface area contributed by atoms with Crippen LogP contribution in [0.1, 0.15) is 34.3 Å². The number of aryl methyl sites for hydroxylation is 1. The molecule has 6 heteroatoms. The summed E-state index contributed by atoms with van der Waals surface area (Å²) in [5.41, 5.74) is 3.04. The van der Waals surface area contributed by atoms with Gasteiger partial charge in [-0.1, -0.05) is 48.0 Å². The van der Waals surface area contributed by atoms with Crippen LogP contribution in [0.2, 0.25) is 5.02 Å². The second kappa shape index (κ2) is 9.71. The van der Waals surface area contributed by atoms with Crippen LogP contribution in [0.15, 0.2) is 48.5 Å². The van der Waals surface area contributed by atoms with Gasteiger partial charge in [0.05, 0.1) is 17.1 Å². The molecule has 1 aliphatic rings. The summed E-state index contributed by atoms with van der Waals surface area (Å²) >= 11 is 6.01. The standard InChI is InChI=1S/C22H26ClN3O2/c1-16-6-2-3-7-17(16)15-26-12-10-18(11-13-26)25-21(27)14-24-22(28)19-8-4-5-9-20(19)23/h2-9,18H,10-15H2,1H3,(H,24,28)(H,25,27). The number of hydrogen-bond donors (Lipinski definition) is 2. The van der Waals surface area contributed by atoms with Crippen molar-refractivity contribution >= 4 is 23.4 Å². The molecular weight excluding hydrogens is 374 g/mol. The number of piperidine rings is 1. The molecule has 2 N–H and O–H groups in total. The van der Waals surface area contributed by atoms with E-state index in [1.807, 2.05) is 0 Å². The molecule has 2 amide bonds. The Bertz CT molecular complexity index is 832. The number of rotatable bonds is 6. The van der Waals surface area contributed by atoms with Gasteiger partial charge in [0.1, 0.15) is 0 Å². The minimum atomic E-state index is -0.339. The molecule has 3 rings (SSSR count).